The van der Waals surface area contributed by atoms with E-state index in [1.807, 2.05) is 49.6 Å². The second-order valence-corrected chi connectivity index (χ2v) is 9.46. The molecule has 1 aliphatic heterocycles. The lowest BCUT2D eigenvalue weighted by Crippen LogP contribution is -2.36. The molecule has 0 fully saturated rings. The third-order valence-electron chi connectivity index (χ3n) is 6.42. The van der Waals surface area contributed by atoms with Gasteiger partial charge in [-0.3, -0.25) is 4.79 Å². The summed E-state index contributed by atoms with van der Waals surface area (Å²) in [5, 5.41) is 5.34. The molecule has 0 bridgehead atoms. The van der Waals surface area contributed by atoms with Crippen LogP contribution in [-0.2, 0) is 19.1 Å². The Kier molecular flexibility index (Phi) is 7.93. The van der Waals surface area contributed by atoms with Crippen molar-refractivity contribution in [1.29, 1.82) is 0 Å². The highest BCUT2D eigenvalue weighted by Gasteiger charge is 2.42. The number of ether oxygens (including phenoxy) is 4. The zero-order valence-corrected chi connectivity index (χ0v) is 21.3. The van der Waals surface area contributed by atoms with E-state index < -0.39 is 11.9 Å². The van der Waals surface area contributed by atoms with Crippen LogP contribution < -0.4 is 14.8 Å². The third kappa shape index (κ3) is 5.13. The lowest BCUT2D eigenvalue weighted by atomic mass is 9.73. The van der Waals surface area contributed by atoms with Crippen molar-refractivity contribution in [3.8, 4) is 11.5 Å². The van der Waals surface area contributed by atoms with E-state index in [9.17, 15) is 9.59 Å². The molecule has 186 valence electrons. The van der Waals surface area contributed by atoms with Crippen LogP contribution >= 0.6 is 11.3 Å². The maximum atomic E-state index is 13.6. The van der Waals surface area contributed by atoms with E-state index in [0.717, 1.165) is 16.1 Å². The molecule has 1 aliphatic carbocycles. The van der Waals surface area contributed by atoms with Gasteiger partial charge in [-0.05, 0) is 55.3 Å². The lowest BCUT2D eigenvalue weighted by molar-refractivity contribution is -0.140. The predicted octanol–water partition coefficient (Wildman–Crippen LogP) is 4.71. The molecule has 2 unspecified atom stereocenters. The summed E-state index contributed by atoms with van der Waals surface area (Å²) in [4.78, 5) is 27.7. The SMILES string of the molecule is CCOCCOC(=O)C1=C(C)NC2=C(C(=O)CC(c3ccc(OC)c(OC)c3)C2)C1c1cccs1. The Morgan fingerprint density at radius 1 is 1.11 bits per heavy atom. The zero-order chi connectivity index (χ0) is 24.9. The van der Waals surface area contributed by atoms with E-state index in [-0.39, 0.29) is 18.3 Å². The minimum absolute atomic E-state index is 0.00923. The number of carbonyl (C=O) groups is 2. The van der Waals surface area contributed by atoms with Crippen molar-refractivity contribution in [2.75, 3.05) is 34.0 Å². The molecule has 35 heavy (non-hydrogen) atoms. The Labute approximate surface area is 209 Å². The van der Waals surface area contributed by atoms with Crippen LogP contribution in [-0.4, -0.2) is 45.8 Å². The molecule has 1 aromatic carbocycles. The smallest absolute Gasteiger partial charge is 0.336 e. The molecule has 0 radical (unpaired) electrons. The Hall–Kier alpha value is -3.10. The number of hydrogen-bond acceptors (Lipinski definition) is 8. The van der Waals surface area contributed by atoms with Gasteiger partial charge >= 0.3 is 5.97 Å². The van der Waals surface area contributed by atoms with Gasteiger partial charge in [-0.1, -0.05) is 12.1 Å². The summed E-state index contributed by atoms with van der Waals surface area (Å²) in [6.45, 7) is 4.83. The first-order chi connectivity index (χ1) is 17.0. The van der Waals surface area contributed by atoms with Gasteiger partial charge in [-0.15, -0.1) is 11.3 Å². The minimum Gasteiger partial charge on any atom is -0.493 e. The van der Waals surface area contributed by atoms with Crippen LogP contribution in [0.3, 0.4) is 0 Å². The molecule has 0 saturated heterocycles. The summed E-state index contributed by atoms with van der Waals surface area (Å²) in [5.74, 6) is 0.449. The summed E-state index contributed by atoms with van der Waals surface area (Å²) in [6, 6.07) is 9.70. The van der Waals surface area contributed by atoms with Crippen LogP contribution in [0.4, 0.5) is 0 Å². The van der Waals surface area contributed by atoms with Crippen LogP contribution in [0.2, 0.25) is 0 Å². The summed E-state index contributed by atoms with van der Waals surface area (Å²) in [6.07, 6.45) is 1.01. The van der Waals surface area contributed by atoms with Gasteiger partial charge in [0.05, 0.1) is 32.3 Å². The number of nitrogens with one attached hydrogen (secondary N) is 1. The van der Waals surface area contributed by atoms with Crippen molar-refractivity contribution in [1.82, 2.24) is 5.32 Å². The first-order valence-electron chi connectivity index (χ1n) is 11.7. The summed E-state index contributed by atoms with van der Waals surface area (Å²) in [7, 11) is 3.20. The Morgan fingerprint density at radius 3 is 2.60 bits per heavy atom. The molecule has 8 heteroatoms. The number of thiophene rings is 1. The van der Waals surface area contributed by atoms with Crippen LogP contribution in [0.25, 0.3) is 0 Å². The Bertz CT molecular complexity index is 1150. The van der Waals surface area contributed by atoms with Gasteiger partial charge < -0.3 is 24.3 Å². The van der Waals surface area contributed by atoms with E-state index >= 15 is 0 Å². The number of allylic oxidation sites excluding steroid dienone is 3. The maximum absolute atomic E-state index is 13.6. The van der Waals surface area contributed by atoms with Crippen molar-refractivity contribution >= 4 is 23.1 Å². The first kappa shape index (κ1) is 25.0. The number of esters is 1. The molecule has 2 atom stereocenters. The average molecular weight is 498 g/mol. The zero-order valence-electron chi connectivity index (χ0n) is 20.5. The molecule has 2 aliphatic rings. The molecular weight excluding hydrogens is 466 g/mol. The van der Waals surface area contributed by atoms with Gasteiger partial charge in [-0.25, -0.2) is 4.79 Å². The molecule has 7 nitrogen and oxygen atoms in total. The third-order valence-corrected chi connectivity index (χ3v) is 7.36. The van der Waals surface area contributed by atoms with Gasteiger partial charge in [0.25, 0.3) is 0 Å². The quantitative estimate of drug-likeness (QED) is 0.397. The highest BCUT2D eigenvalue weighted by atomic mass is 32.1. The van der Waals surface area contributed by atoms with E-state index in [0.29, 0.717) is 54.4 Å². The molecule has 2 heterocycles. The van der Waals surface area contributed by atoms with Gasteiger partial charge in [0.15, 0.2) is 17.3 Å². The van der Waals surface area contributed by atoms with Crippen molar-refractivity contribution in [2.24, 2.45) is 0 Å². The van der Waals surface area contributed by atoms with Crippen molar-refractivity contribution < 1.29 is 28.5 Å². The number of dihydropyridines is 1. The number of benzene rings is 1. The normalized spacial score (nSPS) is 19.8. The molecule has 0 saturated carbocycles. The number of rotatable bonds is 9. The van der Waals surface area contributed by atoms with Crippen LogP contribution in [0.1, 0.15) is 49.0 Å². The second kappa shape index (κ2) is 11.1. The monoisotopic (exact) mass is 497 g/mol. The van der Waals surface area contributed by atoms with Crippen LogP contribution in [0.15, 0.2) is 58.3 Å². The first-order valence-corrected chi connectivity index (χ1v) is 12.6. The highest BCUT2D eigenvalue weighted by Crippen LogP contribution is 2.47. The molecule has 2 aromatic rings. The van der Waals surface area contributed by atoms with Gasteiger partial charge in [0, 0.05) is 34.9 Å². The maximum Gasteiger partial charge on any atom is 0.336 e. The van der Waals surface area contributed by atoms with Gasteiger partial charge in [0.2, 0.25) is 0 Å². The van der Waals surface area contributed by atoms with Crippen molar-refractivity contribution in [3.63, 3.8) is 0 Å². The topological polar surface area (TPSA) is 83.1 Å². The largest absolute Gasteiger partial charge is 0.493 e. The molecule has 4 rings (SSSR count). The fraction of sp³-hybridized carbons (Fsp3) is 0.407. The summed E-state index contributed by atoms with van der Waals surface area (Å²) in [5.41, 5.74) is 3.74. The number of Topliss-reactive ketones (excluding diaryl/α,β-unsaturated/α-hetero) is 1. The summed E-state index contributed by atoms with van der Waals surface area (Å²) < 4.78 is 21.6. The predicted molar refractivity (Wildman–Crippen MR) is 134 cm³/mol. The van der Waals surface area contributed by atoms with E-state index in [2.05, 4.69) is 5.32 Å². The number of hydrogen-bond donors (Lipinski definition) is 1. The van der Waals surface area contributed by atoms with Crippen molar-refractivity contribution in [2.45, 2.75) is 38.5 Å². The second-order valence-electron chi connectivity index (χ2n) is 8.48. The number of carbonyl (C=O) groups excluding carboxylic acids is 2. The van der Waals surface area contributed by atoms with Crippen molar-refractivity contribution in [3.05, 3.63) is 68.7 Å². The molecule has 1 N–H and O–H groups in total. The fourth-order valence-corrected chi connectivity index (χ4v) is 5.65. The fourth-order valence-electron chi connectivity index (χ4n) is 4.81. The lowest BCUT2D eigenvalue weighted by Gasteiger charge is -2.36. The highest BCUT2D eigenvalue weighted by molar-refractivity contribution is 7.10. The minimum atomic E-state index is -0.440. The standard InChI is InChI=1S/C27H31NO6S/c1-5-33-10-11-34-27(30)24-16(2)28-19-13-18(17-8-9-21(31-3)22(15-17)32-4)14-20(29)25(19)26(24)23-7-6-12-35-23/h6-9,12,15,18,26,28H,5,10-11,13-14H2,1-4H3. The molecular formula is C27H31NO6S. The number of ketones is 1. The molecule has 0 amide bonds. The molecule has 0 spiro atoms. The van der Waals surface area contributed by atoms with Gasteiger partial charge in [-0.2, -0.15) is 0 Å². The van der Waals surface area contributed by atoms with E-state index in [1.54, 1.807) is 14.2 Å². The van der Waals surface area contributed by atoms with E-state index in [1.165, 1.54) is 11.3 Å². The Balaban J connectivity index is 1.66. The van der Waals surface area contributed by atoms with Crippen LogP contribution in [0.5, 0.6) is 11.5 Å². The summed E-state index contributed by atoms with van der Waals surface area (Å²) >= 11 is 1.54. The van der Waals surface area contributed by atoms with E-state index in [4.69, 9.17) is 18.9 Å². The molecule has 1 aromatic heterocycles. The number of methoxy groups -OCH3 is 2. The van der Waals surface area contributed by atoms with Gasteiger partial charge in [0.1, 0.15) is 6.61 Å². The average Bonchev–Trinajstić information content (AvgIpc) is 3.39. The van der Waals surface area contributed by atoms with Crippen LogP contribution in [0, 0.1) is 0 Å². The Morgan fingerprint density at radius 2 is 1.91 bits per heavy atom.